The van der Waals surface area contributed by atoms with E-state index >= 15 is 0 Å². The molecule has 0 bridgehead atoms. The lowest BCUT2D eigenvalue weighted by atomic mass is 10.00. The number of aromatic hydroxyl groups is 1. The van der Waals surface area contributed by atoms with E-state index in [0.29, 0.717) is 23.1 Å². The molecule has 0 atom stereocenters. The quantitative estimate of drug-likeness (QED) is 0.604. The van der Waals surface area contributed by atoms with Gasteiger partial charge < -0.3 is 5.11 Å². The number of rotatable bonds is 5. The number of phenols is 1. The molecule has 0 radical (unpaired) electrons. The van der Waals surface area contributed by atoms with Crippen LogP contribution in [0.1, 0.15) is 16.7 Å². The second-order valence-corrected chi connectivity index (χ2v) is 9.37. The Morgan fingerprint density at radius 2 is 1.89 bits per heavy atom. The molecule has 0 saturated carbocycles. The molecule has 3 N–H and O–H groups in total. The van der Waals surface area contributed by atoms with Crippen molar-refractivity contribution in [2.75, 3.05) is 10.8 Å². The first-order valence-corrected chi connectivity index (χ1v) is 11.1. The van der Waals surface area contributed by atoms with Crippen molar-refractivity contribution in [2.45, 2.75) is 24.7 Å². The van der Waals surface area contributed by atoms with E-state index in [4.69, 9.17) is 0 Å². The fraction of sp³-hybridized carbons (Fsp3) is 0.235. The van der Waals surface area contributed by atoms with Crippen molar-refractivity contribution in [3.8, 4) is 5.75 Å². The summed E-state index contributed by atoms with van der Waals surface area (Å²) in [6, 6.07) is 8.91. The van der Waals surface area contributed by atoms with Crippen LogP contribution in [0.2, 0.25) is 0 Å². The number of nitrogens with one attached hydrogen (secondary N) is 1. The number of aryl methyl sites for hydroxylation is 2. The summed E-state index contributed by atoms with van der Waals surface area (Å²) in [5.41, 5.74) is 1.76. The molecule has 1 saturated heterocycles. The van der Waals surface area contributed by atoms with Gasteiger partial charge in [0.15, 0.2) is 0 Å². The average molecular weight is 426 g/mol. The van der Waals surface area contributed by atoms with Crippen LogP contribution in [-0.4, -0.2) is 38.9 Å². The summed E-state index contributed by atoms with van der Waals surface area (Å²) in [5.74, 6) is -1.02. The molecule has 1 amide bonds. The zero-order chi connectivity index (χ0) is 20.7. The van der Waals surface area contributed by atoms with Crippen molar-refractivity contribution in [1.29, 1.82) is 0 Å². The number of hydrogen-bond acceptors (Lipinski definition) is 6. The number of carbonyl (C=O) groups excluding carboxylic acids is 1. The molecular weight excluding hydrogens is 408 g/mol. The van der Waals surface area contributed by atoms with E-state index in [0.717, 1.165) is 4.31 Å². The van der Waals surface area contributed by atoms with E-state index in [2.05, 4.69) is 0 Å². The van der Waals surface area contributed by atoms with E-state index < -0.39 is 32.8 Å². The first kappa shape index (κ1) is 20.1. The Bertz CT molecular complexity index is 1160. The molecule has 11 heteroatoms. The SMILES string of the molecule is Cc1cccc(S(=O)(=O)O)c1CCc1ccc(N2CC(=O)NS2(=O)=O)c(O)c1. The zero-order valence-electron chi connectivity index (χ0n) is 14.8. The van der Waals surface area contributed by atoms with Crippen molar-refractivity contribution in [2.24, 2.45) is 0 Å². The van der Waals surface area contributed by atoms with E-state index in [1.54, 1.807) is 19.1 Å². The molecule has 9 nitrogen and oxygen atoms in total. The molecule has 0 spiro atoms. The molecule has 0 unspecified atom stereocenters. The standard InChI is InChI=1S/C17H18N2O7S2/c1-11-3-2-4-16(27(22,23)24)13(11)7-5-12-6-8-14(15(20)9-12)19-10-17(21)18-28(19,25)26/h2-4,6,8-9,20H,5,7,10H2,1H3,(H,18,21)(H,22,23,24). The third kappa shape index (κ3) is 3.96. The van der Waals surface area contributed by atoms with Gasteiger partial charge in [-0.25, -0.2) is 9.03 Å². The minimum absolute atomic E-state index is 0.0309. The normalized spacial score (nSPS) is 16.2. The predicted molar refractivity (Wildman–Crippen MR) is 101 cm³/mol. The molecule has 1 aliphatic rings. The monoisotopic (exact) mass is 426 g/mol. The molecule has 0 aromatic heterocycles. The minimum Gasteiger partial charge on any atom is -0.506 e. The lowest BCUT2D eigenvalue weighted by Gasteiger charge is -2.17. The van der Waals surface area contributed by atoms with Gasteiger partial charge in [-0.05, 0) is 54.7 Å². The van der Waals surface area contributed by atoms with E-state index in [-0.39, 0.29) is 22.8 Å². The van der Waals surface area contributed by atoms with Crippen LogP contribution in [0.4, 0.5) is 5.69 Å². The summed E-state index contributed by atoms with van der Waals surface area (Å²) < 4.78 is 58.9. The molecule has 28 heavy (non-hydrogen) atoms. The van der Waals surface area contributed by atoms with Crippen molar-refractivity contribution in [3.05, 3.63) is 53.1 Å². The van der Waals surface area contributed by atoms with Gasteiger partial charge in [0.25, 0.3) is 16.0 Å². The minimum atomic E-state index is -4.37. The highest BCUT2D eigenvalue weighted by Gasteiger charge is 2.35. The molecule has 3 rings (SSSR count). The van der Waals surface area contributed by atoms with Gasteiger partial charge in [0.1, 0.15) is 12.3 Å². The molecule has 1 heterocycles. The Hall–Kier alpha value is -2.63. The number of amides is 1. The number of phenolic OH excluding ortho intramolecular Hbond substituents is 1. The summed E-state index contributed by atoms with van der Waals surface area (Å²) in [5, 5.41) is 10.2. The average Bonchev–Trinajstić information content (AvgIpc) is 2.85. The van der Waals surface area contributed by atoms with Crippen LogP contribution in [0.15, 0.2) is 41.3 Å². The zero-order valence-corrected chi connectivity index (χ0v) is 16.4. The lowest BCUT2D eigenvalue weighted by molar-refractivity contribution is -0.117. The van der Waals surface area contributed by atoms with E-state index in [1.807, 2.05) is 4.72 Å². The van der Waals surface area contributed by atoms with Gasteiger partial charge in [0.05, 0.1) is 10.6 Å². The van der Waals surface area contributed by atoms with Crippen molar-refractivity contribution in [1.82, 2.24) is 4.72 Å². The number of anilines is 1. The molecule has 0 aliphatic carbocycles. The van der Waals surface area contributed by atoms with Crippen molar-refractivity contribution >= 4 is 31.9 Å². The largest absolute Gasteiger partial charge is 0.506 e. The smallest absolute Gasteiger partial charge is 0.326 e. The van der Waals surface area contributed by atoms with Gasteiger partial charge in [0.2, 0.25) is 0 Å². The summed E-state index contributed by atoms with van der Waals surface area (Å²) in [6.45, 7) is 1.31. The predicted octanol–water partition coefficient (Wildman–Crippen LogP) is 0.914. The fourth-order valence-corrected chi connectivity index (χ4v) is 5.09. The van der Waals surface area contributed by atoms with Gasteiger partial charge in [-0.15, -0.1) is 0 Å². The summed E-state index contributed by atoms with van der Waals surface area (Å²) in [6.07, 6.45) is 0.619. The maximum Gasteiger partial charge on any atom is 0.326 e. The third-order valence-electron chi connectivity index (χ3n) is 4.44. The molecule has 2 aromatic carbocycles. The van der Waals surface area contributed by atoms with Crippen LogP contribution in [0, 0.1) is 6.92 Å². The number of nitrogens with zero attached hydrogens (tertiary/aromatic N) is 1. The highest BCUT2D eigenvalue weighted by atomic mass is 32.2. The highest BCUT2D eigenvalue weighted by Crippen LogP contribution is 2.32. The topological polar surface area (TPSA) is 141 Å². The molecule has 1 aliphatic heterocycles. The fourth-order valence-electron chi connectivity index (χ4n) is 3.10. The summed E-state index contributed by atoms with van der Waals surface area (Å²) in [4.78, 5) is 11.2. The Balaban J connectivity index is 1.85. The van der Waals surface area contributed by atoms with Crippen LogP contribution < -0.4 is 9.03 Å². The molecule has 150 valence electrons. The lowest BCUT2D eigenvalue weighted by Crippen LogP contribution is -2.29. The molecule has 1 fully saturated rings. The first-order chi connectivity index (χ1) is 13.0. The number of hydrogen-bond donors (Lipinski definition) is 3. The van der Waals surface area contributed by atoms with E-state index in [9.17, 15) is 31.3 Å². The first-order valence-electron chi connectivity index (χ1n) is 8.20. The highest BCUT2D eigenvalue weighted by molar-refractivity contribution is 7.92. The van der Waals surface area contributed by atoms with Crippen LogP contribution in [-0.2, 0) is 38.0 Å². The van der Waals surface area contributed by atoms with Crippen LogP contribution in [0.5, 0.6) is 5.75 Å². The Kier molecular flexibility index (Phi) is 5.08. The Labute approximate surface area is 162 Å². The maximum atomic E-state index is 11.9. The van der Waals surface area contributed by atoms with Crippen molar-refractivity contribution in [3.63, 3.8) is 0 Å². The maximum absolute atomic E-state index is 11.9. The van der Waals surface area contributed by atoms with Gasteiger partial charge in [-0.3, -0.25) is 9.35 Å². The van der Waals surface area contributed by atoms with E-state index in [1.165, 1.54) is 24.3 Å². The van der Waals surface area contributed by atoms with Gasteiger partial charge >= 0.3 is 10.2 Å². The summed E-state index contributed by atoms with van der Waals surface area (Å²) >= 11 is 0. The van der Waals surface area contributed by atoms with Crippen LogP contribution in [0.3, 0.4) is 0 Å². The van der Waals surface area contributed by atoms with Gasteiger partial charge in [0, 0.05) is 0 Å². The third-order valence-corrected chi connectivity index (χ3v) is 6.77. The second kappa shape index (κ2) is 7.08. The van der Waals surface area contributed by atoms with Gasteiger partial charge in [-0.1, -0.05) is 18.2 Å². The van der Waals surface area contributed by atoms with Crippen LogP contribution in [0.25, 0.3) is 0 Å². The van der Waals surface area contributed by atoms with Crippen molar-refractivity contribution < 1.29 is 31.3 Å². The number of benzene rings is 2. The molecule has 2 aromatic rings. The van der Waals surface area contributed by atoms with Crippen LogP contribution >= 0.6 is 0 Å². The Morgan fingerprint density at radius 1 is 1.18 bits per heavy atom. The second-order valence-electron chi connectivity index (χ2n) is 6.39. The summed E-state index contributed by atoms with van der Waals surface area (Å²) in [7, 11) is -8.39. The Morgan fingerprint density at radius 3 is 2.46 bits per heavy atom. The molecular formula is C17H18N2O7S2. The van der Waals surface area contributed by atoms with Gasteiger partial charge in [-0.2, -0.15) is 16.8 Å². The number of carbonyl (C=O) groups is 1.